The molecule has 0 N–H and O–H groups in total. The quantitative estimate of drug-likeness (QED) is 0.366. The lowest BCUT2D eigenvalue weighted by molar-refractivity contribution is -0.143. The van der Waals surface area contributed by atoms with Gasteiger partial charge in [0.25, 0.3) is 0 Å². The molecule has 0 radical (unpaired) electrons. The lowest BCUT2D eigenvalue weighted by Crippen LogP contribution is -2.38. The molecule has 3 aromatic rings. The predicted octanol–water partition coefficient (Wildman–Crippen LogP) is 6.55. The number of alkyl halides is 3. The lowest BCUT2D eigenvalue weighted by atomic mass is 9.81. The first-order chi connectivity index (χ1) is 17.1. The number of ether oxygens (including phenoxy) is 1. The van der Waals surface area contributed by atoms with Gasteiger partial charge in [0, 0.05) is 18.0 Å². The second kappa shape index (κ2) is 10.4. The fourth-order valence-corrected chi connectivity index (χ4v) is 4.59. The molecule has 0 aliphatic carbocycles. The maximum Gasteiger partial charge on any atom is 0.416 e. The van der Waals surface area contributed by atoms with E-state index in [4.69, 9.17) is 4.74 Å². The van der Waals surface area contributed by atoms with Crippen LogP contribution >= 0.6 is 0 Å². The summed E-state index contributed by atoms with van der Waals surface area (Å²) in [7, 11) is 0. The highest BCUT2D eigenvalue weighted by Crippen LogP contribution is 2.43. The van der Waals surface area contributed by atoms with E-state index in [9.17, 15) is 22.8 Å². The number of aryl methyl sites for hydroxylation is 1. The van der Waals surface area contributed by atoms with Gasteiger partial charge in [0.1, 0.15) is 6.61 Å². The minimum Gasteiger partial charge on any atom is -0.457 e. The molecule has 1 aliphatic rings. The van der Waals surface area contributed by atoms with E-state index >= 15 is 0 Å². The van der Waals surface area contributed by atoms with E-state index in [1.807, 2.05) is 37.3 Å². The molecule has 0 aromatic heterocycles. The number of esters is 1. The molecule has 4 nitrogen and oxygen atoms in total. The molecule has 0 saturated carbocycles. The molecule has 0 spiro atoms. The van der Waals surface area contributed by atoms with Crippen LogP contribution in [-0.2, 0) is 33.7 Å². The third-order valence-electron chi connectivity index (χ3n) is 6.32. The Labute approximate surface area is 208 Å². The van der Waals surface area contributed by atoms with Gasteiger partial charge in [0.15, 0.2) is 0 Å². The van der Waals surface area contributed by atoms with Crippen molar-refractivity contribution in [3.8, 4) is 0 Å². The Morgan fingerprint density at radius 3 is 2.31 bits per heavy atom. The summed E-state index contributed by atoms with van der Waals surface area (Å²) in [6, 6.07) is 21.7. The largest absolute Gasteiger partial charge is 0.457 e. The van der Waals surface area contributed by atoms with Crippen LogP contribution in [0.5, 0.6) is 0 Å². The van der Waals surface area contributed by atoms with E-state index in [-0.39, 0.29) is 36.6 Å². The van der Waals surface area contributed by atoms with Crippen LogP contribution in [0.3, 0.4) is 0 Å². The Balaban J connectivity index is 1.76. The van der Waals surface area contributed by atoms with Gasteiger partial charge in [-0.3, -0.25) is 4.79 Å². The molecule has 0 fully saturated rings. The highest BCUT2D eigenvalue weighted by Gasteiger charge is 2.42. The van der Waals surface area contributed by atoms with Crippen molar-refractivity contribution in [2.75, 3.05) is 0 Å². The van der Waals surface area contributed by atoms with Crippen LogP contribution in [0.25, 0.3) is 0 Å². The number of carbonyl (C=O) groups is 2. The van der Waals surface area contributed by atoms with Gasteiger partial charge in [-0.1, -0.05) is 78.4 Å². The fourth-order valence-electron chi connectivity index (χ4n) is 4.59. The van der Waals surface area contributed by atoms with Gasteiger partial charge in [-0.05, 0) is 36.6 Å². The number of rotatable bonds is 6. The minimum absolute atomic E-state index is 0.0318. The Hall–Kier alpha value is -3.87. The number of hydrogen-bond donors (Lipinski definition) is 0. The summed E-state index contributed by atoms with van der Waals surface area (Å²) < 4.78 is 47.2. The number of amides is 1. The van der Waals surface area contributed by atoms with E-state index in [2.05, 4.69) is 0 Å². The van der Waals surface area contributed by atoms with E-state index in [0.717, 1.165) is 22.8 Å². The SMILES string of the molecule is CC1=C(C(=O)OCc2ccccc2)[C@H](c2ccccc2C(F)(F)F)CC(=O)N1Cc1cccc(C)c1. The van der Waals surface area contributed by atoms with Gasteiger partial charge >= 0.3 is 12.1 Å². The number of carbonyl (C=O) groups excluding carboxylic acids is 2. The average molecular weight is 494 g/mol. The standard InChI is InChI=1S/C29H26F3NO3/c1-19-9-8-12-22(15-19)17-33-20(2)27(28(35)36-18-21-10-4-3-5-11-21)24(16-26(33)34)23-13-6-7-14-25(23)29(30,31)32/h3-15,24H,16-18H2,1-2H3/t24-/m0/s1. The molecule has 0 unspecified atom stereocenters. The van der Waals surface area contributed by atoms with E-state index in [0.29, 0.717) is 5.70 Å². The highest BCUT2D eigenvalue weighted by molar-refractivity contribution is 5.96. The first-order valence-corrected chi connectivity index (χ1v) is 11.6. The molecule has 3 aromatic carbocycles. The van der Waals surface area contributed by atoms with Gasteiger partial charge in [-0.15, -0.1) is 0 Å². The third kappa shape index (κ3) is 5.51. The number of benzene rings is 3. The summed E-state index contributed by atoms with van der Waals surface area (Å²) in [6.07, 6.45) is -4.91. The zero-order valence-electron chi connectivity index (χ0n) is 20.0. The summed E-state index contributed by atoms with van der Waals surface area (Å²) in [6.45, 7) is 3.70. The molecule has 1 amide bonds. The molecule has 4 rings (SSSR count). The molecule has 36 heavy (non-hydrogen) atoms. The van der Waals surface area contributed by atoms with Crippen LogP contribution in [0.1, 0.15) is 47.1 Å². The molecule has 1 heterocycles. The highest BCUT2D eigenvalue weighted by atomic mass is 19.4. The predicted molar refractivity (Wildman–Crippen MR) is 129 cm³/mol. The minimum atomic E-state index is -4.63. The normalized spacial score (nSPS) is 16.3. The van der Waals surface area contributed by atoms with Crippen molar-refractivity contribution >= 4 is 11.9 Å². The monoisotopic (exact) mass is 493 g/mol. The van der Waals surface area contributed by atoms with E-state index in [1.165, 1.54) is 23.1 Å². The Kier molecular flexibility index (Phi) is 7.29. The van der Waals surface area contributed by atoms with Crippen LogP contribution in [-0.4, -0.2) is 16.8 Å². The van der Waals surface area contributed by atoms with Gasteiger partial charge in [-0.2, -0.15) is 13.2 Å². The van der Waals surface area contributed by atoms with Crippen molar-refractivity contribution in [1.29, 1.82) is 0 Å². The Morgan fingerprint density at radius 2 is 1.61 bits per heavy atom. The molecule has 1 atom stereocenters. The fraction of sp³-hybridized carbons (Fsp3) is 0.241. The third-order valence-corrected chi connectivity index (χ3v) is 6.32. The van der Waals surface area contributed by atoms with Crippen molar-refractivity contribution in [2.24, 2.45) is 0 Å². The van der Waals surface area contributed by atoms with Crippen molar-refractivity contribution in [2.45, 2.75) is 45.5 Å². The van der Waals surface area contributed by atoms with Crippen LogP contribution in [0.4, 0.5) is 13.2 Å². The molecule has 1 aliphatic heterocycles. The summed E-state index contributed by atoms with van der Waals surface area (Å²) in [5.74, 6) is -2.16. The zero-order chi connectivity index (χ0) is 25.9. The average Bonchev–Trinajstić information content (AvgIpc) is 2.85. The molecular weight excluding hydrogens is 467 g/mol. The van der Waals surface area contributed by atoms with Gasteiger partial charge < -0.3 is 9.64 Å². The number of allylic oxidation sites excluding steroid dienone is 1. The first kappa shape index (κ1) is 25.2. The van der Waals surface area contributed by atoms with Crippen LogP contribution < -0.4 is 0 Å². The number of nitrogens with zero attached hydrogens (tertiary/aromatic N) is 1. The van der Waals surface area contributed by atoms with Crippen LogP contribution in [0, 0.1) is 6.92 Å². The molecule has 7 heteroatoms. The van der Waals surface area contributed by atoms with Crippen LogP contribution in [0.2, 0.25) is 0 Å². The second-order valence-corrected chi connectivity index (χ2v) is 8.87. The maximum absolute atomic E-state index is 13.9. The Morgan fingerprint density at radius 1 is 0.944 bits per heavy atom. The lowest BCUT2D eigenvalue weighted by Gasteiger charge is -2.35. The first-order valence-electron chi connectivity index (χ1n) is 11.6. The summed E-state index contributed by atoms with van der Waals surface area (Å²) >= 11 is 0. The van der Waals surface area contributed by atoms with Crippen molar-refractivity contribution < 1.29 is 27.5 Å². The number of halogens is 3. The van der Waals surface area contributed by atoms with Crippen molar-refractivity contribution in [1.82, 2.24) is 4.90 Å². The van der Waals surface area contributed by atoms with Gasteiger partial charge in [0.2, 0.25) is 5.91 Å². The Bertz CT molecular complexity index is 1300. The smallest absolute Gasteiger partial charge is 0.416 e. The van der Waals surface area contributed by atoms with Crippen LogP contribution in [0.15, 0.2) is 90.1 Å². The second-order valence-electron chi connectivity index (χ2n) is 8.87. The number of hydrogen-bond acceptors (Lipinski definition) is 3. The molecule has 0 saturated heterocycles. The van der Waals surface area contributed by atoms with Crippen molar-refractivity contribution in [3.05, 3.63) is 118 Å². The molecule has 0 bridgehead atoms. The molecule has 186 valence electrons. The molecular formula is C29H26F3NO3. The van der Waals surface area contributed by atoms with E-state index < -0.39 is 23.6 Å². The topological polar surface area (TPSA) is 46.6 Å². The van der Waals surface area contributed by atoms with E-state index in [1.54, 1.807) is 31.2 Å². The maximum atomic E-state index is 13.9. The van der Waals surface area contributed by atoms with Gasteiger partial charge in [-0.25, -0.2) is 4.79 Å². The zero-order valence-corrected chi connectivity index (χ0v) is 20.0. The van der Waals surface area contributed by atoms with Gasteiger partial charge in [0.05, 0.1) is 17.7 Å². The summed E-state index contributed by atoms with van der Waals surface area (Å²) in [5, 5.41) is 0. The van der Waals surface area contributed by atoms with Crippen molar-refractivity contribution in [3.63, 3.8) is 0 Å². The summed E-state index contributed by atoms with van der Waals surface area (Å²) in [4.78, 5) is 28.1. The summed E-state index contributed by atoms with van der Waals surface area (Å²) in [5.41, 5.74) is 2.00.